The lowest BCUT2D eigenvalue weighted by molar-refractivity contribution is 0.692. The summed E-state index contributed by atoms with van der Waals surface area (Å²) in [6.45, 7) is 0. The standard InChI is InChI=1S/C12H12ClN3/c13-8-1-3-9(4-2-8)16-12-6-5-11(14)10(12)7-15-16/h1-4,7,11H,5-6,14H2. The van der Waals surface area contributed by atoms with Crippen molar-refractivity contribution in [3.05, 3.63) is 46.7 Å². The highest BCUT2D eigenvalue weighted by atomic mass is 35.5. The molecule has 1 aliphatic rings. The lowest BCUT2D eigenvalue weighted by atomic mass is 10.2. The second kappa shape index (κ2) is 3.61. The van der Waals surface area contributed by atoms with Gasteiger partial charge in [0.25, 0.3) is 0 Å². The van der Waals surface area contributed by atoms with Crippen LogP contribution in [0.4, 0.5) is 0 Å². The molecule has 0 aliphatic heterocycles. The van der Waals surface area contributed by atoms with Gasteiger partial charge in [0, 0.05) is 22.3 Å². The maximum atomic E-state index is 5.99. The summed E-state index contributed by atoms with van der Waals surface area (Å²) in [7, 11) is 0. The quantitative estimate of drug-likeness (QED) is 0.823. The van der Waals surface area contributed by atoms with Gasteiger partial charge in [0.1, 0.15) is 0 Å². The number of nitrogens with zero attached hydrogens (tertiary/aromatic N) is 2. The van der Waals surface area contributed by atoms with Crippen molar-refractivity contribution in [1.29, 1.82) is 0 Å². The lowest BCUT2D eigenvalue weighted by Crippen LogP contribution is -2.03. The average molecular weight is 234 g/mol. The average Bonchev–Trinajstić information content (AvgIpc) is 2.84. The van der Waals surface area contributed by atoms with Crippen LogP contribution < -0.4 is 5.73 Å². The molecule has 82 valence electrons. The predicted octanol–water partition coefficient (Wildman–Crippen LogP) is 2.47. The Labute approximate surface area is 98.8 Å². The molecule has 2 aromatic rings. The summed E-state index contributed by atoms with van der Waals surface area (Å²) < 4.78 is 1.96. The SMILES string of the molecule is NC1CCc2c1cnn2-c1ccc(Cl)cc1. The molecule has 0 bridgehead atoms. The minimum absolute atomic E-state index is 0.149. The minimum atomic E-state index is 0.149. The molecule has 3 nitrogen and oxygen atoms in total. The van der Waals surface area contributed by atoms with Crippen LogP contribution in [0.1, 0.15) is 23.7 Å². The molecule has 1 atom stereocenters. The Bertz CT molecular complexity index is 516. The van der Waals surface area contributed by atoms with E-state index in [1.54, 1.807) is 0 Å². The van der Waals surface area contributed by atoms with Crippen LogP contribution in [-0.2, 0) is 6.42 Å². The number of hydrogen-bond donors (Lipinski definition) is 1. The van der Waals surface area contributed by atoms with Crippen LogP contribution in [0.5, 0.6) is 0 Å². The van der Waals surface area contributed by atoms with Crippen LogP contribution >= 0.6 is 11.6 Å². The fourth-order valence-electron chi connectivity index (χ4n) is 2.20. The van der Waals surface area contributed by atoms with E-state index in [1.165, 1.54) is 11.3 Å². The van der Waals surface area contributed by atoms with E-state index in [2.05, 4.69) is 5.10 Å². The smallest absolute Gasteiger partial charge is 0.0649 e. The Hall–Kier alpha value is -1.32. The Morgan fingerprint density at radius 2 is 2.06 bits per heavy atom. The van der Waals surface area contributed by atoms with Gasteiger partial charge in [-0.2, -0.15) is 5.10 Å². The molecule has 1 unspecified atom stereocenters. The zero-order valence-corrected chi connectivity index (χ0v) is 9.48. The summed E-state index contributed by atoms with van der Waals surface area (Å²) in [5, 5.41) is 5.12. The molecule has 0 fully saturated rings. The molecule has 0 radical (unpaired) electrons. The van der Waals surface area contributed by atoms with E-state index in [0.29, 0.717) is 0 Å². The first kappa shape index (κ1) is 9.87. The van der Waals surface area contributed by atoms with Crippen LogP contribution in [-0.4, -0.2) is 9.78 Å². The van der Waals surface area contributed by atoms with Crippen LogP contribution in [0.15, 0.2) is 30.5 Å². The highest BCUT2D eigenvalue weighted by molar-refractivity contribution is 6.30. The van der Waals surface area contributed by atoms with Gasteiger partial charge < -0.3 is 5.73 Å². The second-order valence-electron chi connectivity index (χ2n) is 4.08. The minimum Gasteiger partial charge on any atom is -0.324 e. The molecule has 0 amide bonds. The van der Waals surface area contributed by atoms with Gasteiger partial charge in [-0.3, -0.25) is 0 Å². The second-order valence-corrected chi connectivity index (χ2v) is 4.52. The molecule has 0 saturated heterocycles. The largest absolute Gasteiger partial charge is 0.324 e. The first-order valence-electron chi connectivity index (χ1n) is 5.34. The predicted molar refractivity (Wildman–Crippen MR) is 63.8 cm³/mol. The van der Waals surface area contributed by atoms with Gasteiger partial charge in [0.2, 0.25) is 0 Å². The molecule has 1 heterocycles. The van der Waals surface area contributed by atoms with Crippen molar-refractivity contribution in [3.63, 3.8) is 0 Å². The van der Waals surface area contributed by atoms with Gasteiger partial charge in [0.15, 0.2) is 0 Å². The maximum absolute atomic E-state index is 5.99. The van der Waals surface area contributed by atoms with E-state index in [0.717, 1.165) is 23.6 Å². The number of hydrogen-bond acceptors (Lipinski definition) is 2. The van der Waals surface area contributed by atoms with E-state index in [1.807, 2.05) is 35.1 Å². The molecule has 2 N–H and O–H groups in total. The van der Waals surface area contributed by atoms with Crippen molar-refractivity contribution in [3.8, 4) is 5.69 Å². The summed E-state index contributed by atoms with van der Waals surface area (Å²) in [5.41, 5.74) is 9.44. The summed E-state index contributed by atoms with van der Waals surface area (Å²) in [4.78, 5) is 0. The van der Waals surface area contributed by atoms with Crippen LogP contribution in [0.2, 0.25) is 5.02 Å². The van der Waals surface area contributed by atoms with Crippen molar-refractivity contribution in [2.75, 3.05) is 0 Å². The molecule has 1 aromatic heterocycles. The van der Waals surface area contributed by atoms with Gasteiger partial charge in [-0.25, -0.2) is 4.68 Å². The van der Waals surface area contributed by atoms with E-state index >= 15 is 0 Å². The van der Waals surface area contributed by atoms with Gasteiger partial charge in [0.05, 0.1) is 11.9 Å². The van der Waals surface area contributed by atoms with Crippen molar-refractivity contribution >= 4 is 11.6 Å². The molecule has 3 rings (SSSR count). The number of aromatic nitrogens is 2. The van der Waals surface area contributed by atoms with Gasteiger partial charge in [-0.1, -0.05) is 11.6 Å². The Morgan fingerprint density at radius 3 is 2.81 bits per heavy atom. The summed E-state index contributed by atoms with van der Waals surface area (Å²) in [6, 6.07) is 7.84. The monoisotopic (exact) mass is 233 g/mol. The molecule has 0 spiro atoms. The van der Waals surface area contributed by atoms with Crippen molar-refractivity contribution < 1.29 is 0 Å². The molecular weight excluding hydrogens is 222 g/mol. The Balaban J connectivity index is 2.08. The van der Waals surface area contributed by atoms with Gasteiger partial charge >= 0.3 is 0 Å². The Morgan fingerprint density at radius 1 is 1.31 bits per heavy atom. The molecule has 1 aromatic carbocycles. The van der Waals surface area contributed by atoms with E-state index in [-0.39, 0.29) is 6.04 Å². The first-order chi connectivity index (χ1) is 7.75. The molecule has 16 heavy (non-hydrogen) atoms. The highest BCUT2D eigenvalue weighted by Crippen LogP contribution is 2.30. The van der Waals surface area contributed by atoms with Gasteiger partial charge in [-0.05, 0) is 37.1 Å². The lowest BCUT2D eigenvalue weighted by Gasteiger charge is -2.04. The maximum Gasteiger partial charge on any atom is 0.0649 e. The fraction of sp³-hybridized carbons (Fsp3) is 0.250. The molecule has 4 heteroatoms. The van der Waals surface area contributed by atoms with E-state index < -0.39 is 0 Å². The number of rotatable bonds is 1. The van der Waals surface area contributed by atoms with Gasteiger partial charge in [-0.15, -0.1) is 0 Å². The Kier molecular flexibility index (Phi) is 2.23. The number of benzene rings is 1. The zero-order chi connectivity index (χ0) is 11.1. The number of nitrogens with two attached hydrogens (primary N) is 1. The van der Waals surface area contributed by atoms with Crippen LogP contribution in [0.3, 0.4) is 0 Å². The third kappa shape index (κ3) is 1.44. The summed E-state index contributed by atoms with van der Waals surface area (Å²) in [6.07, 6.45) is 3.89. The third-order valence-electron chi connectivity index (χ3n) is 3.06. The first-order valence-corrected chi connectivity index (χ1v) is 5.72. The summed E-state index contributed by atoms with van der Waals surface area (Å²) >= 11 is 5.86. The molecule has 1 aliphatic carbocycles. The zero-order valence-electron chi connectivity index (χ0n) is 8.73. The number of fused-ring (bicyclic) bond motifs is 1. The normalized spacial score (nSPS) is 18.8. The van der Waals surface area contributed by atoms with E-state index in [9.17, 15) is 0 Å². The third-order valence-corrected chi connectivity index (χ3v) is 3.32. The van der Waals surface area contributed by atoms with Crippen molar-refractivity contribution in [2.45, 2.75) is 18.9 Å². The van der Waals surface area contributed by atoms with Crippen molar-refractivity contribution in [2.24, 2.45) is 5.73 Å². The highest BCUT2D eigenvalue weighted by Gasteiger charge is 2.23. The van der Waals surface area contributed by atoms with Crippen LogP contribution in [0, 0.1) is 0 Å². The van der Waals surface area contributed by atoms with E-state index in [4.69, 9.17) is 17.3 Å². The van der Waals surface area contributed by atoms with Crippen molar-refractivity contribution in [1.82, 2.24) is 9.78 Å². The fourth-order valence-corrected chi connectivity index (χ4v) is 2.32. The molecule has 0 saturated carbocycles. The van der Waals surface area contributed by atoms with Crippen LogP contribution in [0.25, 0.3) is 5.69 Å². The summed E-state index contributed by atoms with van der Waals surface area (Å²) in [5.74, 6) is 0. The molecular formula is C12H12ClN3. The topological polar surface area (TPSA) is 43.8 Å². The number of halogens is 1.